The Balaban J connectivity index is 3.43. The van der Waals surface area contributed by atoms with Crippen LogP contribution in [-0.2, 0) is 4.74 Å². The summed E-state index contributed by atoms with van der Waals surface area (Å²) in [5.74, 6) is 0. The first-order valence-corrected chi connectivity index (χ1v) is 2.86. The molecule has 0 saturated heterocycles. The van der Waals surface area contributed by atoms with Crippen LogP contribution in [0.2, 0.25) is 0 Å². The Hall–Kier alpha value is -0.770. The van der Waals surface area contributed by atoms with E-state index in [0.717, 1.165) is 0 Å². The smallest absolute Gasteiger partial charge is 0.404 e. The van der Waals surface area contributed by atoms with E-state index in [2.05, 4.69) is 4.74 Å². The molecule has 0 rings (SSSR count). The Labute approximate surface area is 54.2 Å². The first-order valence-electron chi connectivity index (χ1n) is 2.86. The van der Waals surface area contributed by atoms with Crippen LogP contribution >= 0.6 is 0 Å². The lowest BCUT2D eigenvalue weighted by atomic mass is 10.3. The van der Waals surface area contributed by atoms with Crippen molar-refractivity contribution in [2.24, 2.45) is 11.5 Å². The second-order valence-corrected chi connectivity index (χ2v) is 1.70. The summed E-state index contributed by atoms with van der Waals surface area (Å²) < 4.78 is 4.56. The van der Waals surface area contributed by atoms with Crippen LogP contribution in [0.1, 0.15) is 13.3 Å². The highest BCUT2D eigenvalue weighted by Crippen LogP contribution is 1.93. The predicted octanol–water partition coefficient (Wildman–Crippen LogP) is -0.181. The van der Waals surface area contributed by atoms with E-state index in [9.17, 15) is 4.79 Å². The van der Waals surface area contributed by atoms with Crippen LogP contribution < -0.4 is 11.5 Å². The highest BCUT2D eigenvalue weighted by atomic mass is 16.6. The van der Waals surface area contributed by atoms with Gasteiger partial charge in [-0.15, -0.1) is 0 Å². The maximum atomic E-state index is 10.1. The molecule has 0 heterocycles. The van der Waals surface area contributed by atoms with Gasteiger partial charge in [-0.1, -0.05) is 6.92 Å². The standard InChI is InChI=1S/C5H12N2O2/c1-2-4(3-6)9-5(7)8/h4H,2-3,6H2,1H3,(H2,7,8)/t4-/m0/s1. The fraction of sp³-hybridized carbons (Fsp3) is 0.800. The molecule has 0 saturated carbocycles. The quantitative estimate of drug-likeness (QED) is 0.559. The molecule has 4 nitrogen and oxygen atoms in total. The number of carbonyl (C=O) groups excluding carboxylic acids is 1. The maximum absolute atomic E-state index is 10.1. The molecular formula is C5H12N2O2. The summed E-state index contributed by atoms with van der Waals surface area (Å²) in [6.45, 7) is 2.21. The van der Waals surface area contributed by atoms with Crippen LogP contribution in [0.15, 0.2) is 0 Å². The normalized spacial score (nSPS) is 12.7. The predicted molar refractivity (Wildman–Crippen MR) is 33.8 cm³/mol. The number of hydrogen-bond acceptors (Lipinski definition) is 3. The third kappa shape index (κ3) is 3.78. The third-order valence-corrected chi connectivity index (χ3v) is 1.00. The van der Waals surface area contributed by atoms with Crippen LogP contribution in [0, 0.1) is 0 Å². The van der Waals surface area contributed by atoms with E-state index in [1.807, 2.05) is 6.92 Å². The van der Waals surface area contributed by atoms with Gasteiger partial charge in [-0.25, -0.2) is 4.79 Å². The van der Waals surface area contributed by atoms with Crippen molar-refractivity contribution in [3.05, 3.63) is 0 Å². The molecule has 0 spiro atoms. The minimum Gasteiger partial charge on any atom is -0.445 e. The zero-order valence-electron chi connectivity index (χ0n) is 5.46. The van der Waals surface area contributed by atoms with Crippen molar-refractivity contribution >= 4 is 6.09 Å². The summed E-state index contributed by atoms with van der Waals surface area (Å²) in [5, 5.41) is 0. The topological polar surface area (TPSA) is 78.3 Å². The van der Waals surface area contributed by atoms with Crippen molar-refractivity contribution in [2.45, 2.75) is 19.4 Å². The summed E-state index contributed by atoms with van der Waals surface area (Å²) in [6.07, 6.45) is -0.269. The van der Waals surface area contributed by atoms with Gasteiger partial charge in [0.1, 0.15) is 6.10 Å². The molecule has 1 amide bonds. The molecule has 0 aromatic rings. The lowest BCUT2D eigenvalue weighted by Gasteiger charge is -2.10. The van der Waals surface area contributed by atoms with E-state index in [1.54, 1.807) is 0 Å². The number of hydrogen-bond donors (Lipinski definition) is 2. The molecule has 0 aliphatic heterocycles. The molecule has 0 unspecified atom stereocenters. The second-order valence-electron chi connectivity index (χ2n) is 1.70. The van der Waals surface area contributed by atoms with Crippen molar-refractivity contribution in [3.63, 3.8) is 0 Å². The molecule has 9 heavy (non-hydrogen) atoms. The Morgan fingerprint density at radius 2 is 2.33 bits per heavy atom. The molecule has 0 bridgehead atoms. The highest BCUT2D eigenvalue weighted by Gasteiger charge is 2.05. The van der Waals surface area contributed by atoms with Crippen molar-refractivity contribution in [1.82, 2.24) is 0 Å². The van der Waals surface area contributed by atoms with E-state index >= 15 is 0 Å². The lowest BCUT2D eigenvalue weighted by Crippen LogP contribution is -2.28. The zero-order valence-corrected chi connectivity index (χ0v) is 5.46. The van der Waals surface area contributed by atoms with Gasteiger partial charge in [-0.05, 0) is 6.42 Å². The van der Waals surface area contributed by atoms with E-state index < -0.39 is 6.09 Å². The summed E-state index contributed by atoms with van der Waals surface area (Å²) in [4.78, 5) is 10.1. The van der Waals surface area contributed by atoms with Gasteiger partial charge in [0.15, 0.2) is 0 Å². The zero-order chi connectivity index (χ0) is 7.28. The number of nitrogens with two attached hydrogens (primary N) is 2. The van der Waals surface area contributed by atoms with Gasteiger partial charge in [-0.2, -0.15) is 0 Å². The van der Waals surface area contributed by atoms with Gasteiger partial charge in [-0.3, -0.25) is 0 Å². The molecule has 0 radical (unpaired) electrons. The van der Waals surface area contributed by atoms with Crippen LogP contribution in [0.5, 0.6) is 0 Å². The third-order valence-electron chi connectivity index (χ3n) is 1.00. The summed E-state index contributed by atoms with van der Waals surface area (Å²) >= 11 is 0. The van der Waals surface area contributed by atoms with Crippen LogP contribution in [0.25, 0.3) is 0 Å². The van der Waals surface area contributed by atoms with Crippen LogP contribution in [-0.4, -0.2) is 18.7 Å². The average Bonchev–Trinajstić information content (AvgIpc) is 1.82. The monoisotopic (exact) mass is 132 g/mol. The summed E-state index contributed by atoms with van der Waals surface area (Å²) in [6, 6.07) is 0. The molecule has 4 N–H and O–H groups in total. The SMILES string of the molecule is CC[C@@H](CN)OC(N)=O. The first kappa shape index (κ1) is 8.23. The number of ether oxygens (including phenoxy) is 1. The molecule has 4 heteroatoms. The Bertz CT molecular complexity index is 91.0. The van der Waals surface area contributed by atoms with Gasteiger partial charge >= 0.3 is 6.09 Å². The first-order chi connectivity index (χ1) is 4.20. The number of primary amides is 1. The molecule has 0 aromatic carbocycles. The van der Waals surface area contributed by atoms with Gasteiger partial charge in [0.2, 0.25) is 0 Å². The Morgan fingerprint density at radius 3 is 2.44 bits per heavy atom. The van der Waals surface area contributed by atoms with E-state index in [4.69, 9.17) is 11.5 Å². The van der Waals surface area contributed by atoms with Crippen LogP contribution in [0.3, 0.4) is 0 Å². The van der Waals surface area contributed by atoms with Crippen molar-refractivity contribution in [1.29, 1.82) is 0 Å². The average molecular weight is 132 g/mol. The van der Waals surface area contributed by atoms with Crippen LogP contribution in [0.4, 0.5) is 4.79 Å². The fourth-order valence-corrected chi connectivity index (χ4v) is 0.462. The fourth-order valence-electron chi connectivity index (χ4n) is 0.462. The lowest BCUT2D eigenvalue weighted by molar-refractivity contribution is 0.108. The minimum atomic E-state index is -0.757. The van der Waals surface area contributed by atoms with E-state index in [0.29, 0.717) is 13.0 Å². The largest absolute Gasteiger partial charge is 0.445 e. The number of amides is 1. The molecule has 54 valence electrons. The summed E-state index contributed by atoms with van der Waals surface area (Å²) in [7, 11) is 0. The molecule has 0 aliphatic carbocycles. The second kappa shape index (κ2) is 4.14. The van der Waals surface area contributed by atoms with Crippen molar-refractivity contribution in [3.8, 4) is 0 Å². The highest BCUT2D eigenvalue weighted by molar-refractivity contribution is 5.64. The van der Waals surface area contributed by atoms with Gasteiger partial charge in [0, 0.05) is 6.54 Å². The minimum absolute atomic E-state index is 0.220. The van der Waals surface area contributed by atoms with E-state index in [-0.39, 0.29) is 6.10 Å². The Morgan fingerprint density at radius 1 is 1.78 bits per heavy atom. The van der Waals surface area contributed by atoms with E-state index in [1.165, 1.54) is 0 Å². The van der Waals surface area contributed by atoms with Crippen molar-refractivity contribution < 1.29 is 9.53 Å². The molecule has 0 aliphatic rings. The van der Waals surface area contributed by atoms with Gasteiger partial charge < -0.3 is 16.2 Å². The number of rotatable bonds is 3. The molecule has 0 aromatic heterocycles. The maximum Gasteiger partial charge on any atom is 0.404 e. The molecule has 1 atom stereocenters. The van der Waals surface area contributed by atoms with Gasteiger partial charge in [0.25, 0.3) is 0 Å². The molecule has 0 fully saturated rings. The molecular weight excluding hydrogens is 120 g/mol. The number of carbonyl (C=O) groups is 1. The Kier molecular flexibility index (Phi) is 3.79. The van der Waals surface area contributed by atoms with Gasteiger partial charge in [0.05, 0.1) is 0 Å². The summed E-state index contributed by atoms with van der Waals surface area (Å²) in [5.41, 5.74) is 9.93. The van der Waals surface area contributed by atoms with Crippen molar-refractivity contribution in [2.75, 3.05) is 6.54 Å².